The summed E-state index contributed by atoms with van der Waals surface area (Å²) in [5, 5.41) is 0. The summed E-state index contributed by atoms with van der Waals surface area (Å²) in [5.74, 6) is 10.1. The van der Waals surface area contributed by atoms with Crippen molar-refractivity contribution < 1.29 is 0 Å². The first-order chi connectivity index (χ1) is 14.3. The molecule has 2 saturated carbocycles. The maximum absolute atomic E-state index is 3.56. The van der Waals surface area contributed by atoms with Crippen molar-refractivity contribution in [1.29, 1.82) is 0 Å². The summed E-state index contributed by atoms with van der Waals surface area (Å²) in [7, 11) is 0. The van der Waals surface area contributed by atoms with Gasteiger partial charge in [-0.3, -0.25) is 0 Å². The van der Waals surface area contributed by atoms with Crippen LogP contribution in [0.15, 0.2) is 36.4 Å². The third kappa shape index (κ3) is 7.37. The SMILES string of the molecule is CCCCc1ccc(C2CCC(C#C/C=C/C3CCC(CCC)CC3)CC2)cc1. The van der Waals surface area contributed by atoms with E-state index in [1.165, 1.54) is 89.0 Å². The zero-order valence-electron chi connectivity index (χ0n) is 19.0. The van der Waals surface area contributed by atoms with Crippen LogP contribution in [0.1, 0.15) is 108 Å². The zero-order chi connectivity index (χ0) is 20.3. The molecule has 0 saturated heterocycles. The van der Waals surface area contributed by atoms with Crippen LogP contribution in [0, 0.1) is 29.6 Å². The Morgan fingerprint density at radius 3 is 2.24 bits per heavy atom. The Kier molecular flexibility index (Phi) is 9.40. The van der Waals surface area contributed by atoms with Crippen LogP contribution in [0.2, 0.25) is 0 Å². The number of hydrogen-bond donors (Lipinski definition) is 0. The van der Waals surface area contributed by atoms with Crippen LogP contribution in [-0.2, 0) is 6.42 Å². The predicted molar refractivity (Wildman–Crippen MR) is 127 cm³/mol. The van der Waals surface area contributed by atoms with Gasteiger partial charge in [0.15, 0.2) is 0 Å². The monoisotopic (exact) mass is 390 g/mol. The fraction of sp³-hybridized carbons (Fsp3) is 0.655. The second kappa shape index (κ2) is 12.3. The molecular formula is C29H42. The van der Waals surface area contributed by atoms with Crippen molar-refractivity contribution in [3.05, 3.63) is 47.5 Å². The first-order valence-electron chi connectivity index (χ1n) is 12.5. The predicted octanol–water partition coefficient (Wildman–Crippen LogP) is 8.47. The van der Waals surface area contributed by atoms with E-state index in [2.05, 4.69) is 62.1 Å². The highest BCUT2D eigenvalue weighted by atomic mass is 14.3. The Labute approximate surface area is 180 Å². The minimum atomic E-state index is 0.611. The second-order valence-electron chi connectivity index (χ2n) is 9.61. The van der Waals surface area contributed by atoms with E-state index in [0.717, 1.165) is 17.8 Å². The Hall–Kier alpha value is -1.48. The molecule has 0 aliphatic heterocycles. The van der Waals surface area contributed by atoms with Crippen LogP contribution in [0.3, 0.4) is 0 Å². The summed E-state index contributed by atoms with van der Waals surface area (Å²) < 4.78 is 0. The van der Waals surface area contributed by atoms with Gasteiger partial charge < -0.3 is 0 Å². The van der Waals surface area contributed by atoms with Crippen molar-refractivity contribution in [2.75, 3.05) is 0 Å². The molecule has 0 heterocycles. The van der Waals surface area contributed by atoms with E-state index in [4.69, 9.17) is 0 Å². The Morgan fingerprint density at radius 2 is 1.59 bits per heavy atom. The van der Waals surface area contributed by atoms with Crippen LogP contribution in [0.4, 0.5) is 0 Å². The molecule has 0 atom stereocenters. The first kappa shape index (κ1) is 22.2. The van der Waals surface area contributed by atoms with Gasteiger partial charge >= 0.3 is 0 Å². The number of aryl methyl sites for hydroxylation is 1. The van der Waals surface area contributed by atoms with E-state index in [1.54, 1.807) is 5.56 Å². The van der Waals surface area contributed by atoms with Crippen molar-refractivity contribution in [3.8, 4) is 11.8 Å². The molecule has 2 aliphatic carbocycles. The van der Waals surface area contributed by atoms with Gasteiger partial charge in [-0.15, -0.1) is 0 Å². The third-order valence-corrected chi connectivity index (χ3v) is 7.32. The lowest BCUT2D eigenvalue weighted by Gasteiger charge is -2.26. The molecule has 2 aliphatic rings. The first-order valence-corrected chi connectivity index (χ1v) is 12.5. The second-order valence-corrected chi connectivity index (χ2v) is 9.61. The highest BCUT2D eigenvalue weighted by Crippen LogP contribution is 2.36. The quantitative estimate of drug-likeness (QED) is 0.409. The van der Waals surface area contributed by atoms with Crippen molar-refractivity contribution in [2.24, 2.45) is 17.8 Å². The van der Waals surface area contributed by atoms with Gasteiger partial charge in [0.2, 0.25) is 0 Å². The highest BCUT2D eigenvalue weighted by molar-refractivity contribution is 5.26. The van der Waals surface area contributed by atoms with Crippen molar-refractivity contribution >= 4 is 0 Å². The van der Waals surface area contributed by atoms with Crippen LogP contribution >= 0.6 is 0 Å². The van der Waals surface area contributed by atoms with Crippen molar-refractivity contribution in [1.82, 2.24) is 0 Å². The Bertz CT molecular complexity index is 652. The number of rotatable bonds is 7. The maximum atomic E-state index is 3.56. The summed E-state index contributed by atoms with van der Waals surface area (Å²) in [6, 6.07) is 9.49. The van der Waals surface area contributed by atoms with Crippen molar-refractivity contribution in [2.45, 2.75) is 103 Å². The number of hydrogen-bond acceptors (Lipinski definition) is 0. The molecule has 0 unspecified atom stereocenters. The van der Waals surface area contributed by atoms with Gasteiger partial charge in [-0.2, -0.15) is 0 Å². The van der Waals surface area contributed by atoms with Gasteiger partial charge in [0.1, 0.15) is 0 Å². The lowest BCUT2D eigenvalue weighted by Crippen LogP contribution is -2.12. The number of unbranched alkanes of at least 4 members (excludes halogenated alkanes) is 1. The normalized spacial score (nSPS) is 27.5. The molecular weight excluding hydrogens is 348 g/mol. The summed E-state index contributed by atoms with van der Waals surface area (Å²) in [4.78, 5) is 0. The fourth-order valence-electron chi connectivity index (χ4n) is 5.34. The average molecular weight is 391 g/mol. The van der Waals surface area contributed by atoms with E-state index >= 15 is 0 Å². The molecule has 158 valence electrons. The smallest absolute Gasteiger partial charge is 0.0206 e. The molecule has 0 heteroatoms. The van der Waals surface area contributed by atoms with Gasteiger partial charge in [0, 0.05) is 5.92 Å². The van der Waals surface area contributed by atoms with Crippen LogP contribution in [0.5, 0.6) is 0 Å². The molecule has 1 aromatic rings. The molecule has 0 N–H and O–H groups in total. The van der Waals surface area contributed by atoms with E-state index in [-0.39, 0.29) is 0 Å². The van der Waals surface area contributed by atoms with Crippen LogP contribution < -0.4 is 0 Å². The summed E-state index contributed by atoms with van der Waals surface area (Å²) in [5.41, 5.74) is 3.05. The minimum absolute atomic E-state index is 0.611. The van der Waals surface area contributed by atoms with Crippen molar-refractivity contribution in [3.63, 3.8) is 0 Å². The fourth-order valence-corrected chi connectivity index (χ4v) is 5.34. The molecule has 0 bridgehead atoms. The molecule has 0 amide bonds. The van der Waals surface area contributed by atoms with E-state index in [9.17, 15) is 0 Å². The van der Waals surface area contributed by atoms with Gasteiger partial charge in [-0.25, -0.2) is 0 Å². The summed E-state index contributed by atoms with van der Waals surface area (Å²) in [6.45, 7) is 4.59. The largest absolute Gasteiger partial charge is 0.0951 e. The van der Waals surface area contributed by atoms with Gasteiger partial charge in [-0.1, -0.05) is 75.3 Å². The Balaban J connectivity index is 1.38. The topological polar surface area (TPSA) is 0 Å². The maximum Gasteiger partial charge on any atom is 0.0206 e. The van der Waals surface area contributed by atoms with Gasteiger partial charge in [0.25, 0.3) is 0 Å². The molecule has 0 nitrogen and oxygen atoms in total. The lowest BCUT2D eigenvalue weighted by molar-refractivity contribution is 0.294. The number of benzene rings is 1. The van der Waals surface area contributed by atoms with Crippen LogP contribution in [-0.4, -0.2) is 0 Å². The Morgan fingerprint density at radius 1 is 0.862 bits per heavy atom. The molecule has 3 rings (SSSR count). The van der Waals surface area contributed by atoms with E-state index in [1.807, 2.05) is 0 Å². The standard InChI is InChI=1S/C29H42/c1-3-5-9-25-16-20-28(21-17-25)29-22-18-27(19-23-29)11-7-6-10-26-14-12-24(8-4-2)13-15-26/h6,10,16-17,20-21,24,26-27,29H,3-5,8-9,12-15,18-19,22-23H2,1-2H3/b10-6+. The average Bonchev–Trinajstić information content (AvgIpc) is 2.77. The van der Waals surface area contributed by atoms with E-state index < -0.39 is 0 Å². The summed E-state index contributed by atoms with van der Waals surface area (Å²) >= 11 is 0. The number of allylic oxidation sites excluding steroid dienone is 2. The van der Waals surface area contributed by atoms with Crippen LogP contribution in [0.25, 0.3) is 0 Å². The molecule has 2 fully saturated rings. The minimum Gasteiger partial charge on any atom is -0.0951 e. The molecule has 1 aromatic carbocycles. The van der Waals surface area contributed by atoms with E-state index in [0.29, 0.717) is 5.92 Å². The molecule has 0 aromatic heterocycles. The third-order valence-electron chi connectivity index (χ3n) is 7.32. The lowest BCUT2D eigenvalue weighted by atomic mass is 9.78. The molecule has 0 spiro atoms. The molecule has 0 radical (unpaired) electrons. The van der Waals surface area contributed by atoms with Gasteiger partial charge in [-0.05, 0) is 99.2 Å². The zero-order valence-corrected chi connectivity index (χ0v) is 19.0. The molecule has 29 heavy (non-hydrogen) atoms. The van der Waals surface area contributed by atoms with Gasteiger partial charge in [0.05, 0.1) is 0 Å². The summed E-state index contributed by atoms with van der Waals surface area (Å²) in [6.07, 6.45) is 21.9. The highest BCUT2D eigenvalue weighted by Gasteiger charge is 2.21.